The zero-order chi connectivity index (χ0) is 11.0. The number of pyridine rings is 1. The minimum absolute atomic E-state index is 0.683. The second-order valence-corrected chi connectivity index (χ2v) is 3.90. The Labute approximate surface area is 92.8 Å². The molecule has 0 aromatic carbocycles. The first kappa shape index (κ1) is 9.47. The van der Waals surface area contributed by atoms with Crippen molar-refractivity contribution in [2.24, 2.45) is 0 Å². The van der Waals surface area contributed by atoms with Gasteiger partial charge in [0, 0.05) is 11.6 Å². The van der Waals surface area contributed by atoms with E-state index in [1.807, 2.05) is 18.3 Å². The molecule has 0 saturated carbocycles. The summed E-state index contributed by atoms with van der Waals surface area (Å²) < 4.78 is 6.20. The Morgan fingerprint density at radius 1 is 1.38 bits per heavy atom. The second-order valence-electron chi connectivity index (χ2n) is 3.90. The maximum atomic E-state index is 11.9. The van der Waals surface area contributed by atoms with Gasteiger partial charge in [-0.05, 0) is 6.07 Å². The van der Waals surface area contributed by atoms with Crippen LogP contribution in [0.4, 0.5) is 5.82 Å². The van der Waals surface area contributed by atoms with Gasteiger partial charge < -0.3 is 14.9 Å². The van der Waals surface area contributed by atoms with Gasteiger partial charge in [-0.15, -0.1) is 0 Å². The van der Waals surface area contributed by atoms with Crippen LogP contribution < -0.4 is 9.63 Å². The van der Waals surface area contributed by atoms with Crippen LogP contribution in [-0.4, -0.2) is 31.3 Å². The van der Waals surface area contributed by atoms with Gasteiger partial charge in [-0.1, -0.05) is 0 Å². The lowest BCUT2D eigenvalue weighted by Gasteiger charge is -2.24. The molecule has 0 amide bonds. The number of anilines is 1. The van der Waals surface area contributed by atoms with Crippen molar-refractivity contribution in [3.63, 3.8) is 0 Å². The molecule has 5 nitrogen and oxygen atoms in total. The van der Waals surface area contributed by atoms with E-state index in [4.69, 9.17) is 4.74 Å². The monoisotopic (exact) mass is 219 g/mol. The number of morpholine rings is 1. The summed E-state index contributed by atoms with van der Waals surface area (Å²) in [5.41, 5.74) is 0.994. The molecule has 0 radical (unpaired) electrons. The molecule has 3 rings (SSSR count). The summed E-state index contributed by atoms with van der Waals surface area (Å²) in [5, 5.41) is 12.8. The molecule has 1 aliphatic heterocycles. The molecule has 1 fully saturated rings. The summed E-state index contributed by atoms with van der Waals surface area (Å²) in [7, 11) is 0. The summed E-state index contributed by atoms with van der Waals surface area (Å²) >= 11 is 0. The SMILES string of the molecule is [O-][n+]1cc2cc[nH]c2cc1N1CCOCC1. The molecule has 1 saturated heterocycles. The first-order chi connectivity index (χ1) is 7.84. The van der Waals surface area contributed by atoms with Gasteiger partial charge in [-0.3, -0.25) is 4.90 Å². The standard InChI is InChI=1S/C11H13N3O2/c15-14-8-9-1-2-12-10(9)7-11(14)13-3-5-16-6-4-13/h1-2,7-8,12H,3-6H2. The lowest BCUT2D eigenvalue weighted by Crippen LogP contribution is -2.44. The highest BCUT2D eigenvalue weighted by Gasteiger charge is 2.20. The predicted octanol–water partition coefficient (Wildman–Crippen LogP) is 0.638. The van der Waals surface area contributed by atoms with Crippen molar-refractivity contribution in [1.82, 2.24) is 4.98 Å². The summed E-state index contributed by atoms with van der Waals surface area (Å²) in [6.45, 7) is 2.91. The number of ether oxygens (including phenoxy) is 1. The van der Waals surface area contributed by atoms with E-state index in [-0.39, 0.29) is 0 Å². The highest BCUT2D eigenvalue weighted by Crippen LogP contribution is 2.17. The second kappa shape index (κ2) is 3.68. The molecule has 0 atom stereocenters. The van der Waals surface area contributed by atoms with Crippen LogP contribution in [0.3, 0.4) is 0 Å². The Kier molecular flexibility index (Phi) is 2.18. The minimum Gasteiger partial charge on any atom is -0.711 e. The predicted molar refractivity (Wildman–Crippen MR) is 60.3 cm³/mol. The van der Waals surface area contributed by atoms with Gasteiger partial charge in [0.1, 0.15) is 19.3 Å². The van der Waals surface area contributed by atoms with E-state index in [1.165, 1.54) is 0 Å². The molecule has 0 spiro atoms. The molecule has 1 N–H and O–H groups in total. The molecule has 5 heteroatoms. The third-order valence-electron chi connectivity index (χ3n) is 2.90. The number of hydrogen-bond donors (Lipinski definition) is 1. The molecule has 0 aliphatic carbocycles. The van der Waals surface area contributed by atoms with Crippen LogP contribution in [0.1, 0.15) is 0 Å². The minimum atomic E-state index is 0.683. The molecule has 0 bridgehead atoms. The highest BCUT2D eigenvalue weighted by molar-refractivity contribution is 5.79. The summed E-state index contributed by atoms with van der Waals surface area (Å²) in [4.78, 5) is 5.17. The smallest absolute Gasteiger partial charge is 0.281 e. The van der Waals surface area contributed by atoms with Gasteiger partial charge in [0.25, 0.3) is 5.82 Å². The molecule has 16 heavy (non-hydrogen) atoms. The van der Waals surface area contributed by atoms with E-state index in [2.05, 4.69) is 9.88 Å². The van der Waals surface area contributed by atoms with Gasteiger partial charge in [0.2, 0.25) is 0 Å². The fourth-order valence-corrected chi connectivity index (χ4v) is 2.04. The molecule has 84 valence electrons. The van der Waals surface area contributed by atoms with Gasteiger partial charge in [0.05, 0.1) is 24.8 Å². The Balaban J connectivity index is 2.03. The molecule has 3 heterocycles. The Morgan fingerprint density at radius 2 is 2.19 bits per heavy atom. The van der Waals surface area contributed by atoms with E-state index in [9.17, 15) is 5.21 Å². The molecule has 2 aromatic heterocycles. The van der Waals surface area contributed by atoms with Crippen molar-refractivity contribution in [1.29, 1.82) is 0 Å². The van der Waals surface area contributed by atoms with Crippen LogP contribution in [-0.2, 0) is 4.74 Å². The van der Waals surface area contributed by atoms with Crippen molar-refractivity contribution in [3.05, 3.63) is 29.7 Å². The number of fused-ring (bicyclic) bond motifs is 1. The van der Waals surface area contributed by atoms with Crippen LogP contribution >= 0.6 is 0 Å². The Morgan fingerprint density at radius 3 is 3.00 bits per heavy atom. The van der Waals surface area contributed by atoms with Crippen LogP contribution in [0.2, 0.25) is 0 Å². The number of rotatable bonds is 1. The van der Waals surface area contributed by atoms with Crippen LogP contribution in [0, 0.1) is 5.21 Å². The summed E-state index contributed by atoms with van der Waals surface area (Å²) in [6.07, 6.45) is 3.45. The van der Waals surface area contributed by atoms with Crippen molar-refractivity contribution in [2.75, 3.05) is 31.2 Å². The third kappa shape index (κ3) is 1.49. The van der Waals surface area contributed by atoms with E-state index >= 15 is 0 Å². The van der Waals surface area contributed by atoms with E-state index in [1.54, 1.807) is 6.20 Å². The van der Waals surface area contributed by atoms with E-state index in [0.29, 0.717) is 19.0 Å². The zero-order valence-electron chi connectivity index (χ0n) is 8.85. The number of nitrogens with one attached hydrogen (secondary N) is 1. The summed E-state index contributed by atoms with van der Waals surface area (Å²) in [6, 6.07) is 3.79. The van der Waals surface area contributed by atoms with Crippen LogP contribution in [0.5, 0.6) is 0 Å². The number of hydrogen-bond acceptors (Lipinski definition) is 3. The maximum absolute atomic E-state index is 11.9. The first-order valence-corrected chi connectivity index (χ1v) is 5.37. The number of aromatic amines is 1. The average molecular weight is 219 g/mol. The number of nitrogens with zero attached hydrogens (tertiary/aromatic N) is 2. The average Bonchev–Trinajstić information content (AvgIpc) is 2.76. The Hall–Kier alpha value is -1.75. The van der Waals surface area contributed by atoms with Gasteiger partial charge in [-0.2, -0.15) is 0 Å². The fourth-order valence-electron chi connectivity index (χ4n) is 2.04. The van der Waals surface area contributed by atoms with Crippen LogP contribution in [0.25, 0.3) is 10.9 Å². The quantitative estimate of drug-likeness (QED) is 0.565. The first-order valence-electron chi connectivity index (χ1n) is 5.37. The van der Waals surface area contributed by atoms with Gasteiger partial charge in [-0.25, -0.2) is 4.73 Å². The largest absolute Gasteiger partial charge is 0.711 e. The van der Waals surface area contributed by atoms with E-state index < -0.39 is 0 Å². The van der Waals surface area contributed by atoms with Gasteiger partial charge in [0.15, 0.2) is 0 Å². The topological polar surface area (TPSA) is 55.2 Å². The van der Waals surface area contributed by atoms with E-state index in [0.717, 1.165) is 28.7 Å². The molecular formula is C11H13N3O2. The van der Waals surface area contributed by atoms with Crippen molar-refractivity contribution in [2.45, 2.75) is 0 Å². The van der Waals surface area contributed by atoms with Crippen molar-refractivity contribution >= 4 is 16.7 Å². The number of aromatic nitrogens is 2. The van der Waals surface area contributed by atoms with Crippen molar-refractivity contribution in [3.8, 4) is 0 Å². The maximum Gasteiger partial charge on any atom is 0.281 e. The molecule has 0 unspecified atom stereocenters. The summed E-state index contributed by atoms with van der Waals surface area (Å²) in [5.74, 6) is 0.693. The highest BCUT2D eigenvalue weighted by atomic mass is 16.5. The Bertz CT molecular complexity index is 503. The normalized spacial score (nSPS) is 16.9. The molecular weight excluding hydrogens is 206 g/mol. The molecule has 1 aliphatic rings. The lowest BCUT2D eigenvalue weighted by molar-refractivity contribution is -0.590. The number of H-pyrrole nitrogens is 1. The third-order valence-corrected chi connectivity index (χ3v) is 2.90. The lowest BCUT2D eigenvalue weighted by atomic mass is 10.3. The zero-order valence-corrected chi connectivity index (χ0v) is 8.85. The fraction of sp³-hybridized carbons (Fsp3) is 0.364. The van der Waals surface area contributed by atoms with Gasteiger partial charge >= 0.3 is 0 Å². The van der Waals surface area contributed by atoms with Crippen LogP contribution in [0.15, 0.2) is 24.5 Å². The van der Waals surface area contributed by atoms with Crippen molar-refractivity contribution < 1.29 is 9.47 Å². The molecule has 2 aromatic rings.